The van der Waals surface area contributed by atoms with E-state index in [1.165, 1.54) is 31.4 Å². The Bertz CT molecular complexity index is 408. The van der Waals surface area contributed by atoms with Crippen LogP contribution in [0.1, 0.15) is 31.9 Å². The number of aliphatic hydroxyl groups is 1. The van der Waals surface area contributed by atoms with E-state index in [-0.39, 0.29) is 24.2 Å². The first-order valence-electron chi connectivity index (χ1n) is 6.19. The molecule has 0 fully saturated rings. The first-order valence-corrected chi connectivity index (χ1v) is 6.19. The van der Waals surface area contributed by atoms with Crippen LogP contribution in [-0.4, -0.2) is 30.3 Å². The molecular weight excluding hydrogens is 249 g/mol. The van der Waals surface area contributed by atoms with Gasteiger partial charge in [0.2, 0.25) is 5.91 Å². The molecule has 1 rings (SSSR count). The highest BCUT2D eigenvalue weighted by atomic mass is 19.1. The Kier molecular flexibility index (Phi) is 5.92. The summed E-state index contributed by atoms with van der Waals surface area (Å²) in [6, 6.07) is 5.10. The van der Waals surface area contributed by atoms with E-state index >= 15 is 0 Å². The third kappa shape index (κ3) is 4.96. The van der Waals surface area contributed by atoms with Crippen molar-refractivity contribution in [2.45, 2.75) is 38.5 Å². The van der Waals surface area contributed by atoms with Gasteiger partial charge >= 0.3 is 0 Å². The monoisotopic (exact) mass is 269 g/mol. The summed E-state index contributed by atoms with van der Waals surface area (Å²) < 4.78 is 17.8. The molecular formula is C14H20FNO3. The van der Waals surface area contributed by atoms with Crippen LogP contribution in [0.25, 0.3) is 0 Å². The molecule has 5 heteroatoms. The average Bonchev–Trinajstić information content (AvgIpc) is 2.38. The molecule has 1 aromatic rings. The van der Waals surface area contributed by atoms with Crippen molar-refractivity contribution in [3.05, 3.63) is 35.6 Å². The Labute approximate surface area is 112 Å². The number of halogens is 1. The Balaban J connectivity index is 2.55. The largest absolute Gasteiger partial charge is 0.386 e. The molecule has 0 bridgehead atoms. The second-order valence-electron chi connectivity index (χ2n) is 4.60. The summed E-state index contributed by atoms with van der Waals surface area (Å²) in [5.41, 5.74) is 0.564. The molecule has 0 saturated heterocycles. The summed E-state index contributed by atoms with van der Waals surface area (Å²) >= 11 is 0. The number of aliphatic hydroxyl groups excluding tert-OH is 1. The maximum absolute atomic E-state index is 12.8. The van der Waals surface area contributed by atoms with Gasteiger partial charge in [0, 0.05) is 7.11 Å². The fourth-order valence-electron chi connectivity index (χ4n) is 1.68. The van der Waals surface area contributed by atoms with Crippen molar-refractivity contribution < 1.29 is 19.0 Å². The lowest BCUT2D eigenvalue weighted by Gasteiger charge is -2.21. The van der Waals surface area contributed by atoms with Gasteiger partial charge in [0.25, 0.3) is 0 Å². The van der Waals surface area contributed by atoms with Gasteiger partial charge in [-0.2, -0.15) is 0 Å². The standard InChI is InChI=1S/C14H20FNO3/c1-9(19-3)8-13(17)16-10(2)14(18)11-4-6-12(15)7-5-11/h4-7,9-10,14,18H,8H2,1-3H3,(H,16,17). The lowest BCUT2D eigenvalue weighted by molar-refractivity contribution is -0.124. The molecule has 2 N–H and O–H groups in total. The van der Waals surface area contributed by atoms with Crippen LogP contribution in [0.5, 0.6) is 0 Å². The minimum absolute atomic E-state index is 0.171. The van der Waals surface area contributed by atoms with Crippen molar-refractivity contribution in [1.82, 2.24) is 5.32 Å². The summed E-state index contributed by atoms with van der Waals surface area (Å²) in [5.74, 6) is -0.551. The van der Waals surface area contributed by atoms with Crippen molar-refractivity contribution in [2.24, 2.45) is 0 Å². The smallest absolute Gasteiger partial charge is 0.222 e. The van der Waals surface area contributed by atoms with Crippen molar-refractivity contribution in [3.8, 4) is 0 Å². The van der Waals surface area contributed by atoms with Crippen LogP contribution >= 0.6 is 0 Å². The van der Waals surface area contributed by atoms with Gasteiger partial charge in [-0.15, -0.1) is 0 Å². The van der Waals surface area contributed by atoms with Gasteiger partial charge in [0.15, 0.2) is 0 Å². The molecule has 0 heterocycles. The minimum Gasteiger partial charge on any atom is -0.386 e. The number of hydrogen-bond acceptors (Lipinski definition) is 3. The highest BCUT2D eigenvalue weighted by Gasteiger charge is 2.19. The molecule has 1 amide bonds. The summed E-state index contributed by atoms with van der Waals surface area (Å²) in [6.07, 6.45) is -0.811. The van der Waals surface area contributed by atoms with Crippen LogP contribution in [0.3, 0.4) is 0 Å². The predicted octanol–water partition coefficient (Wildman–Crippen LogP) is 1.79. The lowest BCUT2D eigenvalue weighted by atomic mass is 10.0. The Morgan fingerprint density at radius 2 is 1.95 bits per heavy atom. The molecule has 0 spiro atoms. The van der Waals surface area contributed by atoms with Gasteiger partial charge < -0.3 is 15.2 Å². The van der Waals surface area contributed by atoms with E-state index in [2.05, 4.69) is 5.32 Å². The maximum atomic E-state index is 12.8. The van der Waals surface area contributed by atoms with Crippen LogP contribution in [0.15, 0.2) is 24.3 Å². The van der Waals surface area contributed by atoms with Crippen molar-refractivity contribution in [3.63, 3.8) is 0 Å². The Morgan fingerprint density at radius 3 is 2.47 bits per heavy atom. The SMILES string of the molecule is COC(C)CC(=O)NC(C)C(O)c1ccc(F)cc1. The number of methoxy groups -OCH3 is 1. The number of amides is 1. The van der Waals surface area contributed by atoms with Crippen LogP contribution < -0.4 is 5.32 Å². The number of ether oxygens (including phenoxy) is 1. The second-order valence-corrected chi connectivity index (χ2v) is 4.60. The highest BCUT2D eigenvalue weighted by molar-refractivity contribution is 5.76. The van der Waals surface area contributed by atoms with Gasteiger partial charge in [-0.25, -0.2) is 4.39 Å². The first kappa shape index (κ1) is 15.6. The lowest BCUT2D eigenvalue weighted by Crippen LogP contribution is -2.38. The molecule has 3 unspecified atom stereocenters. The Morgan fingerprint density at radius 1 is 1.37 bits per heavy atom. The van der Waals surface area contributed by atoms with E-state index in [4.69, 9.17) is 4.74 Å². The molecule has 0 saturated carbocycles. The summed E-state index contributed by atoms with van der Waals surface area (Å²) in [7, 11) is 1.54. The van der Waals surface area contributed by atoms with Crippen LogP contribution in [0.2, 0.25) is 0 Å². The molecule has 0 aliphatic heterocycles. The van der Waals surface area contributed by atoms with E-state index in [1.54, 1.807) is 13.8 Å². The highest BCUT2D eigenvalue weighted by Crippen LogP contribution is 2.17. The minimum atomic E-state index is -0.873. The van der Waals surface area contributed by atoms with Crippen LogP contribution in [0, 0.1) is 5.82 Å². The second kappa shape index (κ2) is 7.21. The van der Waals surface area contributed by atoms with Crippen LogP contribution in [-0.2, 0) is 9.53 Å². The number of benzene rings is 1. The fourth-order valence-corrected chi connectivity index (χ4v) is 1.68. The first-order chi connectivity index (χ1) is 8.93. The number of carbonyl (C=O) groups is 1. The number of rotatable bonds is 6. The zero-order valence-corrected chi connectivity index (χ0v) is 11.4. The average molecular weight is 269 g/mol. The molecule has 3 atom stereocenters. The zero-order chi connectivity index (χ0) is 14.4. The molecule has 4 nitrogen and oxygen atoms in total. The van der Waals surface area contributed by atoms with Gasteiger partial charge in [-0.3, -0.25) is 4.79 Å². The summed E-state index contributed by atoms with van der Waals surface area (Å²) in [6.45, 7) is 3.49. The number of nitrogens with one attached hydrogen (secondary N) is 1. The Hall–Kier alpha value is -1.46. The van der Waals surface area contributed by atoms with E-state index < -0.39 is 12.1 Å². The molecule has 106 valence electrons. The summed E-state index contributed by atoms with van der Waals surface area (Å²) in [5, 5.41) is 12.7. The van der Waals surface area contributed by atoms with Crippen molar-refractivity contribution >= 4 is 5.91 Å². The normalized spacial score (nSPS) is 15.6. The topological polar surface area (TPSA) is 58.6 Å². The molecule has 19 heavy (non-hydrogen) atoms. The van der Waals surface area contributed by atoms with Gasteiger partial charge in [0.1, 0.15) is 5.82 Å². The van der Waals surface area contributed by atoms with E-state index in [0.717, 1.165) is 0 Å². The molecule has 0 aromatic heterocycles. The zero-order valence-electron chi connectivity index (χ0n) is 11.4. The van der Waals surface area contributed by atoms with Crippen LogP contribution in [0.4, 0.5) is 4.39 Å². The molecule has 0 aliphatic rings. The molecule has 0 aliphatic carbocycles. The van der Waals surface area contributed by atoms with Gasteiger partial charge in [-0.05, 0) is 31.5 Å². The van der Waals surface area contributed by atoms with E-state index in [0.29, 0.717) is 5.56 Å². The van der Waals surface area contributed by atoms with E-state index in [9.17, 15) is 14.3 Å². The maximum Gasteiger partial charge on any atom is 0.222 e. The van der Waals surface area contributed by atoms with Gasteiger partial charge in [0.05, 0.1) is 24.7 Å². The molecule has 1 aromatic carbocycles. The number of carbonyl (C=O) groups excluding carboxylic acids is 1. The quantitative estimate of drug-likeness (QED) is 0.827. The third-order valence-electron chi connectivity index (χ3n) is 2.95. The molecule has 0 radical (unpaired) electrons. The number of hydrogen-bond donors (Lipinski definition) is 2. The van der Waals surface area contributed by atoms with Crippen molar-refractivity contribution in [2.75, 3.05) is 7.11 Å². The van der Waals surface area contributed by atoms with E-state index in [1.807, 2.05) is 0 Å². The third-order valence-corrected chi connectivity index (χ3v) is 2.95. The van der Waals surface area contributed by atoms with Crippen molar-refractivity contribution in [1.29, 1.82) is 0 Å². The fraction of sp³-hybridized carbons (Fsp3) is 0.500. The summed E-state index contributed by atoms with van der Waals surface area (Å²) in [4.78, 5) is 11.7. The predicted molar refractivity (Wildman–Crippen MR) is 70.1 cm³/mol. The van der Waals surface area contributed by atoms with Gasteiger partial charge in [-0.1, -0.05) is 12.1 Å².